The van der Waals surface area contributed by atoms with Gasteiger partial charge < -0.3 is 9.30 Å². The fraction of sp³-hybridized carbons (Fsp3) is 0.250. The largest absolute Gasteiger partial charge is 0.379 e. The number of nitrogens with one attached hydrogen (secondary N) is 1. The van der Waals surface area contributed by atoms with E-state index >= 15 is 0 Å². The van der Waals surface area contributed by atoms with E-state index in [2.05, 4.69) is 45.6 Å². The second-order valence-electron chi connectivity index (χ2n) is 10.4. The molecule has 1 aliphatic rings. The Hall–Kier alpha value is -4.60. The molecule has 208 valence electrons. The molecule has 0 aliphatic carbocycles. The molecule has 9 nitrogen and oxygen atoms in total. The lowest BCUT2D eigenvalue weighted by Crippen LogP contribution is -2.35. The van der Waals surface area contributed by atoms with Gasteiger partial charge in [-0.3, -0.25) is 19.8 Å². The number of hydrogen-bond donors (Lipinski definition) is 1. The molecule has 1 saturated heterocycles. The highest BCUT2D eigenvalue weighted by atomic mass is 16.5. The lowest BCUT2D eigenvalue weighted by molar-refractivity contribution is -0.105. The van der Waals surface area contributed by atoms with Gasteiger partial charge in [0, 0.05) is 31.3 Å². The number of fused-ring (bicyclic) bond motifs is 1. The van der Waals surface area contributed by atoms with Gasteiger partial charge in [-0.05, 0) is 47.9 Å². The topological polar surface area (TPSA) is 94.3 Å². The summed E-state index contributed by atoms with van der Waals surface area (Å²) in [4.78, 5) is 31.1. The van der Waals surface area contributed by atoms with Crippen molar-refractivity contribution in [1.29, 1.82) is 0 Å². The quantitative estimate of drug-likeness (QED) is 0.279. The summed E-state index contributed by atoms with van der Waals surface area (Å²) in [7, 11) is 0. The van der Waals surface area contributed by atoms with Gasteiger partial charge in [-0.15, -0.1) is 0 Å². The van der Waals surface area contributed by atoms with Crippen molar-refractivity contribution in [3.05, 3.63) is 111 Å². The van der Waals surface area contributed by atoms with Gasteiger partial charge in [0.1, 0.15) is 0 Å². The van der Waals surface area contributed by atoms with Crippen LogP contribution in [0.5, 0.6) is 0 Å². The zero-order valence-electron chi connectivity index (χ0n) is 23.0. The second kappa shape index (κ2) is 11.9. The molecule has 1 aliphatic heterocycles. The molecule has 0 saturated carbocycles. The van der Waals surface area contributed by atoms with Crippen molar-refractivity contribution in [1.82, 2.24) is 24.2 Å². The van der Waals surface area contributed by atoms with Crippen LogP contribution in [-0.2, 0) is 29.2 Å². The van der Waals surface area contributed by atoms with Crippen molar-refractivity contribution in [2.75, 3.05) is 31.6 Å². The molecule has 41 heavy (non-hydrogen) atoms. The molecule has 2 aromatic heterocycles. The summed E-state index contributed by atoms with van der Waals surface area (Å²) < 4.78 is 8.98. The predicted molar refractivity (Wildman–Crippen MR) is 159 cm³/mol. The molecule has 0 radical (unpaired) electrons. The Morgan fingerprint density at radius 1 is 0.878 bits per heavy atom. The number of nitrogens with zero attached hydrogens (tertiary/aromatic N) is 5. The molecular weight excluding hydrogens is 516 g/mol. The molecule has 0 bridgehead atoms. The number of benzene rings is 3. The Labute approximate surface area is 238 Å². The SMILES string of the molecule is Cc1cccc(Cn2nc(-c3cccc(Cn4c(NC=O)nc5cc(CN6CCOCC6)ccc54)c3)ccc2=O)c1. The molecule has 0 unspecified atom stereocenters. The average molecular weight is 549 g/mol. The zero-order valence-corrected chi connectivity index (χ0v) is 23.0. The van der Waals surface area contributed by atoms with Crippen LogP contribution in [0.2, 0.25) is 0 Å². The van der Waals surface area contributed by atoms with Gasteiger partial charge >= 0.3 is 0 Å². The van der Waals surface area contributed by atoms with Crippen molar-refractivity contribution in [3.63, 3.8) is 0 Å². The maximum Gasteiger partial charge on any atom is 0.267 e. The molecule has 0 spiro atoms. The maximum atomic E-state index is 12.6. The molecule has 1 amide bonds. The van der Waals surface area contributed by atoms with Crippen LogP contribution in [0, 0.1) is 6.92 Å². The van der Waals surface area contributed by atoms with Crippen molar-refractivity contribution in [3.8, 4) is 11.3 Å². The van der Waals surface area contributed by atoms with Gasteiger partial charge in [0.05, 0.1) is 43.0 Å². The number of aryl methyl sites for hydroxylation is 1. The van der Waals surface area contributed by atoms with Gasteiger partial charge in [0.2, 0.25) is 12.4 Å². The monoisotopic (exact) mass is 548 g/mol. The number of carbonyl (C=O) groups excluding carboxylic acids is 1. The van der Waals surface area contributed by atoms with Crippen LogP contribution in [0.3, 0.4) is 0 Å². The minimum absolute atomic E-state index is 0.145. The van der Waals surface area contributed by atoms with E-state index in [1.165, 1.54) is 10.2 Å². The van der Waals surface area contributed by atoms with Crippen molar-refractivity contribution >= 4 is 23.4 Å². The van der Waals surface area contributed by atoms with Crippen LogP contribution in [0.15, 0.2) is 83.7 Å². The Kier molecular flexibility index (Phi) is 7.71. The van der Waals surface area contributed by atoms with Gasteiger partial charge in [-0.1, -0.05) is 54.1 Å². The minimum atomic E-state index is -0.145. The van der Waals surface area contributed by atoms with E-state index in [9.17, 15) is 9.59 Å². The smallest absolute Gasteiger partial charge is 0.267 e. The van der Waals surface area contributed by atoms with Crippen molar-refractivity contribution < 1.29 is 9.53 Å². The first-order valence-corrected chi connectivity index (χ1v) is 13.8. The van der Waals surface area contributed by atoms with Crippen LogP contribution in [0.1, 0.15) is 22.3 Å². The molecule has 9 heteroatoms. The lowest BCUT2D eigenvalue weighted by Gasteiger charge is -2.26. The highest BCUT2D eigenvalue weighted by Crippen LogP contribution is 2.25. The first kappa shape index (κ1) is 26.6. The number of ether oxygens (including phenoxy) is 1. The average Bonchev–Trinajstić information content (AvgIpc) is 3.31. The molecule has 0 atom stereocenters. The lowest BCUT2D eigenvalue weighted by atomic mass is 10.1. The summed E-state index contributed by atoms with van der Waals surface area (Å²) in [5, 5.41) is 7.44. The Bertz CT molecular complexity index is 1750. The van der Waals surface area contributed by atoms with Crippen LogP contribution >= 0.6 is 0 Å². The molecule has 3 aromatic carbocycles. The van der Waals surface area contributed by atoms with Gasteiger partial charge in [0.25, 0.3) is 5.56 Å². The number of carbonyl (C=O) groups is 1. The summed E-state index contributed by atoms with van der Waals surface area (Å²) in [6.07, 6.45) is 0.657. The normalized spacial score (nSPS) is 13.9. The summed E-state index contributed by atoms with van der Waals surface area (Å²) in [5.74, 6) is 0.494. The second-order valence-corrected chi connectivity index (χ2v) is 10.4. The Morgan fingerprint density at radius 2 is 1.66 bits per heavy atom. The van der Waals surface area contributed by atoms with E-state index < -0.39 is 0 Å². The van der Waals surface area contributed by atoms with Crippen LogP contribution in [-0.4, -0.2) is 56.9 Å². The summed E-state index contributed by atoms with van der Waals surface area (Å²) in [5.41, 5.74) is 7.62. The number of anilines is 1. The molecule has 5 aromatic rings. The fourth-order valence-corrected chi connectivity index (χ4v) is 5.33. The van der Waals surface area contributed by atoms with Gasteiger partial charge in [0.15, 0.2) is 0 Å². The summed E-state index contributed by atoms with van der Waals surface area (Å²) in [6.45, 7) is 7.13. The van der Waals surface area contributed by atoms with Gasteiger partial charge in [-0.2, -0.15) is 5.10 Å². The third-order valence-electron chi connectivity index (χ3n) is 7.36. The van der Waals surface area contributed by atoms with E-state index in [4.69, 9.17) is 9.72 Å². The zero-order chi connectivity index (χ0) is 28.2. The Balaban J connectivity index is 1.27. The summed E-state index contributed by atoms with van der Waals surface area (Å²) in [6, 6.07) is 25.8. The minimum Gasteiger partial charge on any atom is -0.379 e. The number of imidazole rings is 1. The number of rotatable bonds is 9. The van der Waals surface area contributed by atoms with E-state index in [1.807, 2.05) is 47.9 Å². The van der Waals surface area contributed by atoms with Crippen LogP contribution in [0.4, 0.5) is 5.95 Å². The maximum absolute atomic E-state index is 12.6. The third-order valence-corrected chi connectivity index (χ3v) is 7.36. The third kappa shape index (κ3) is 6.11. The highest BCUT2D eigenvalue weighted by Gasteiger charge is 2.15. The highest BCUT2D eigenvalue weighted by molar-refractivity contribution is 5.82. The van der Waals surface area contributed by atoms with E-state index in [0.717, 1.165) is 66.1 Å². The molecule has 3 heterocycles. The Morgan fingerprint density at radius 3 is 2.46 bits per heavy atom. The van der Waals surface area contributed by atoms with Crippen LogP contribution < -0.4 is 10.9 Å². The number of hydrogen-bond acceptors (Lipinski definition) is 6. The van der Waals surface area contributed by atoms with E-state index in [0.29, 0.717) is 31.1 Å². The molecule has 6 rings (SSSR count). The fourth-order valence-electron chi connectivity index (χ4n) is 5.33. The van der Waals surface area contributed by atoms with Crippen molar-refractivity contribution in [2.24, 2.45) is 0 Å². The van der Waals surface area contributed by atoms with E-state index in [-0.39, 0.29) is 5.56 Å². The standard InChI is InChI=1S/C32H32N6O3/c1-23-4-2-5-24(16-23)21-38-31(40)11-9-28(35-38)27-7-3-6-25(17-27)20-37-30-10-8-26(19-36-12-14-41-15-13-36)18-29(30)34-32(37)33-22-39/h2-11,16-18,22H,12-15,19-21H2,1H3,(H,33,34,39). The van der Waals surface area contributed by atoms with Crippen LogP contribution in [0.25, 0.3) is 22.3 Å². The molecular formula is C32H32N6O3. The number of morpholine rings is 1. The number of aromatic nitrogens is 4. The number of amides is 1. The first-order chi connectivity index (χ1) is 20.1. The summed E-state index contributed by atoms with van der Waals surface area (Å²) >= 11 is 0. The van der Waals surface area contributed by atoms with Gasteiger partial charge in [-0.25, -0.2) is 9.67 Å². The predicted octanol–water partition coefficient (Wildman–Crippen LogP) is 4.07. The van der Waals surface area contributed by atoms with Crippen molar-refractivity contribution in [2.45, 2.75) is 26.6 Å². The molecule has 1 N–H and O–H groups in total. The molecule has 1 fully saturated rings. The van der Waals surface area contributed by atoms with E-state index in [1.54, 1.807) is 12.1 Å². The first-order valence-electron chi connectivity index (χ1n) is 13.8.